The van der Waals surface area contributed by atoms with Crippen molar-refractivity contribution in [1.29, 1.82) is 0 Å². The molecule has 1 N–H and O–H groups in total. The van der Waals surface area contributed by atoms with Crippen molar-refractivity contribution in [3.05, 3.63) is 23.2 Å². The van der Waals surface area contributed by atoms with E-state index in [2.05, 4.69) is 9.97 Å². The number of carbonyl (C=O) groups is 2. The van der Waals surface area contributed by atoms with Crippen molar-refractivity contribution in [2.75, 3.05) is 13.6 Å². The van der Waals surface area contributed by atoms with Gasteiger partial charge in [0.15, 0.2) is 0 Å². The van der Waals surface area contributed by atoms with E-state index in [9.17, 15) is 9.59 Å². The van der Waals surface area contributed by atoms with E-state index in [0.717, 1.165) is 0 Å². The molecule has 1 amide bonds. The lowest BCUT2D eigenvalue weighted by Crippen LogP contribution is -2.28. The monoisotopic (exact) mass is 257 g/mol. The molecule has 0 unspecified atom stereocenters. The van der Waals surface area contributed by atoms with Gasteiger partial charge in [-0.15, -0.1) is 0 Å². The third kappa shape index (κ3) is 4.36. The predicted molar refractivity (Wildman–Crippen MR) is 60.9 cm³/mol. The molecule has 0 fully saturated rings. The zero-order chi connectivity index (χ0) is 12.8. The Hall–Kier alpha value is -1.69. The highest BCUT2D eigenvalue weighted by atomic mass is 35.5. The van der Waals surface area contributed by atoms with Crippen LogP contribution in [-0.4, -0.2) is 45.4 Å². The van der Waals surface area contributed by atoms with Gasteiger partial charge in [0, 0.05) is 20.0 Å². The number of hydrogen-bond donors (Lipinski definition) is 1. The van der Waals surface area contributed by atoms with E-state index in [1.807, 2.05) is 0 Å². The molecule has 0 aliphatic heterocycles. The summed E-state index contributed by atoms with van der Waals surface area (Å²) in [4.78, 5) is 31.1. The summed E-state index contributed by atoms with van der Waals surface area (Å²) in [6.45, 7) is 0.357. The van der Waals surface area contributed by atoms with Gasteiger partial charge in [-0.25, -0.2) is 9.97 Å². The molecule has 0 saturated carbocycles. The lowest BCUT2D eigenvalue weighted by Gasteiger charge is -2.15. The van der Waals surface area contributed by atoms with Crippen LogP contribution in [0.5, 0.6) is 0 Å². The molecule has 0 atom stereocenters. The topological polar surface area (TPSA) is 83.4 Å². The summed E-state index contributed by atoms with van der Waals surface area (Å²) in [6.07, 6.45) is 3.01. The van der Waals surface area contributed by atoms with Gasteiger partial charge in [0.05, 0.1) is 12.4 Å². The standard InChI is InChI=1S/C10H12ClN3O3/c1-14(4-2-3-9(15)16)10(17)7-5-13-8(11)6-12-7/h5-6H,2-4H2,1H3,(H,15,16). The highest BCUT2D eigenvalue weighted by molar-refractivity contribution is 6.29. The molecule has 0 aromatic carbocycles. The van der Waals surface area contributed by atoms with Gasteiger partial charge < -0.3 is 10.0 Å². The molecule has 0 bridgehead atoms. The van der Waals surface area contributed by atoms with Gasteiger partial charge in [-0.05, 0) is 6.42 Å². The van der Waals surface area contributed by atoms with Crippen molar-refractivity contribution in [3.63, 3.8) is 0 Å². The smallest absolute Gasteiger partial charge is 0.303 e. The van der Waals surface area contributed by atoms with Crippen LogP contribution < -0.4 is 0 Å². The van der Waals surface area contributed by atoms with E-state index < -0.39 is 5.97 Å². The van der Waals surface area contributed by atoms with Crippen LogP contribution in [0, 0.1) is 0 Å². The quantitative estimate of drug-likeness (QED) is 0.853. The van der Waals surface area contributed by atoms with Crippen LogP contribution in [0.2, 0.25) is 5.15 Å². The summed E-state index contributed by atoms with van der Waals surface area (Å²) in [5.74, 6) is -1.18. The fraction of sp³-hybridized carbons (Fsp3) is 0.400. The van der Waals surface area contributed by atoms with Gasteiger partial charge in [-0.3, -0.25) is 9.59 Å². The second kappa shape index (κ2) is 6.15. The maximum Gasteiger partial charge on any atom is 0.303 e. The molecule has 0 radical (unpaired) electrons. The summed E-state index contributed by atoms with van der Waals surface area (Å²) in [5.41, 5.74) is 0.187. The van der Waals surface area contributed by atoms with Crippen LogP contribution in [0.3, 0.4) is 0 Å². The van der Waals surface area contributed by atoms with Crippen molar-refractivity contribution in [1.82, 2.24) is 14.9 Å². The Kier molecular flexibility index (Phi) is 4.84. The van der Waals surface area contributed by atoms with E-state index in [-0.39, 0.29) is 23.2 Å². The van der Waals surface area contributed by atoms with Gasteiger partial charge in [-0.2, -0.15) is 0 Å². The molecule has 1 heterocycles. The molecule has 1 rings (SSSR count). The predicted octanol–water partition coefficient (Wildman–Crippen LogP) is 1.07. The first kappa shape index (κ1) is 13.4. The molecular weight excluding hydrogens is 246 g/mol. The molecule has 1 aromatic rings. The van der Waals surface area contributed by atoms with Crippen LogP contribution in [0.25, 0.3) is 0 Å². The Morgan fingerprint density at radius 1 is 1.41 bits per heavy atom. The van der Waals surface area contributed by atoms with Gasteiger partial charge in [-0.1, -0.05) is 11.6 Å². The number of carboxylic acid groups (broad SMARTS) is 1. The minimum Gasteiger partial charge on any atom is -0.481 e. The van der Waals surface area contributed by atoms with Crippen LogP contribution in [0.15, 0.2) is 12.4 Å². The Morgan fingerprint density at radius 3 is 2.65 bits per heavy atom. The lowest BCUT2D eigenvalue weighted by molar-refractivity contribution is -0.137. The van der Waals surface area contributed by atoms with Crippen LogP contribution >= 0.6 is 11.6 Å². The average Bonchev–Trinajstić information content (AvgIpc) is 2.28. The van der Waals surface area contributed by atoms with Crippen molar-refractivity contribution in [2.24, 2.45) is 0 Å². The summed E-state index contributed by atoms with van der Waals surface area (Å²) in [6, 6.07) is 0. The zero-order valence-corrected chi connectivity index (χ0v) is 10.0. The fourth-order valence-electron chi connectivity index (χ4n) is 1.19. The number of halogens is 1. The van der Waals surface area contributed by atoms with Gasteiger partial charge in [0.2, 0.25) is 0 Å². The second-order valence-electron chi connectivity index (χ2n) is 3.45. The molecule has 0 aliphatic rings. The minimum atomic E-state index is -0.878. The van der Waals surface area contributed by atoms with E-state index >= 15 is 0 Å². The number of rotatable bonds is 5. The molecule has 92 valence electrons. The van der Waals surface area contributed by atoms with Gasteiger partial charge in [0.1, 0.15) is 10.8 Å². The molecule has 0 aliphatic carbocycles. The number of amides is 1. The summed E-state index contributed by atoms with van der Waals surface area (Å²) >= 11 is 5.55. The maximum atomic E-state index is 11.8. The SMILES string of the molecule is CN(CCCC(=O)O)C(=O)c1cnc(Cl)cn1. The van der Waals surface area contributed by atoms with Crippen molar-refractivity contribution in [2.45, 2.75) is 12.8 Å². The highest BCUT2D eigenvalue weighted by Gasteiger charge is 2.13. The summed E-state index contributed by atoms with van der Waals surface area (Å²) in [5, 5.41) is 8.69. The Balaban J connectivity index is 2.51. The number of aromatic nitrogens is 2. The van der Waals surface area contributed by atoms with E-state index in [0.29, 0.717) is 13.0 Å². The summed E-state index contributed by atoms with van der Waals surface area (Å²) in [7, 11) is 1.58. The average molecular weight is 258 g/mol. The number of hydrogen-bond acceptors (Lipinski definition) is 4. The van der Waals surface area contributed by atoms with Crippen molar-refractivity contribution < 1.29 is 14.7 Å². The first-order valence-electron chi connectivity index (χ1n) is 4.95. The zero-order valence-electron chi connectivity index (χ0n) is 9.26. The molecule has 0 saturated heterocycles. The number of nitrogens with zero attached hydrogens (tertiary/aromatic N) is 3. The second-order valence-corrected chi connectivity index (χ2v) is 3.84. The lowest BCUT2D eigenvalue weighted by atomic mass is 10.3. The van der Waals surface area contributed by atoms with Crippen LogP contribution in [0.4, 0.5) is 0 Å². The van der Waals surface area contributed by atoms with Crippen molar-refractivity contribution >= 4 is 23.5 Å². The highest BCUT2D eigenvalue weighted by Crippen LogP contribution is 2.04. The molecular formula is C10H12ClN3O3. The van der Waals surface area contributed by atoms with Gasteiger partial charge >= 0.3 is 5.97 Å². The third-order valence-electron chi connectivity index (χ3n) is 2.07. The summed E-state index contributed by atoms with van der Waals surface area (Å²) < 4.78 is 0. The first-order valence-corrected chi connectivity index (χ1v) is 5.33. The van der Waals surface area contributed by atoms with E-state index in [1.165, 1.54) is 17.3 Å². The minimum absolute atomic E-state index is 0.0317. The number of aliphatic carboxylic acids is 1. The van der Waals surface area contributed by atoms with Crippen molar-refractivity contribution in [3.8, 4) is 0 Å². The largest absolute Gasteiger partial charge is 0.481 e. The molecule has 0 spiro atoms. The number of carbonyl (C=O) groups excluding carboxylic acids is 1. The Bertz CT molecular complexity index is 408. The van der Waals surface area contributed by atoms with Crippen LogP contribution in [-0.2, 0) is 4.79 Å². The first-order chi connectivity index (χ1) is 8.00. The fourth-order valence-corrected chi connectivity index (χ4v) is 1.28. The molecule has 7 heteroatoms. The Morgan fingerprint density at radius 2 is 2.12 bits per heavy atom. The maximum absolute atomic E-state index is 11.8. The number of carboxylic acids is 1. The van der Waals surface area contributed by atoms with Gasteiger partial charge in [0.25, 0.3) is 5.91 Å². The molecule has 17 heavy (non-hydrogen) atoms. The van der Waals surface area contributed by atoms with E-state index in [1.54, 1.807) is 7.05 Å². The Labute approximate surface area is 103 Å². The molecule has 6 nitrogen and oxygen atoms in total. The normalized spacial score (nSPS) is 10.0. The molecule has 1 aromatic heterocycles. The van der Waals surface area contributed by atoms with Crippen LogP contribution in [0.1, 0.15) is 23.3 Å². The third-order valence-corrected chi connectivity index (χ3v) is 2.27. The van der Waals surface area contributed by atoms with E-state index in [4.69, 9.17) is 16.7 Å².